The Hall–Kier alpha value is -4.55. The number of amides is 3. The van der Waals surface area contributed by atoms with Crippen molar-refractivity contribution in [1.29, 1.82) is 0 Å². The van der Waals surface area contributed by atoms with Crippen molar-refractivity contribution >= 4 is 35.6 Å². The summed E-state index contributed by atoms with van der Waals surface area (Å²) in [6.45, 7) is 2.67. The maximum absolute atomic E-state index is 13.7. The van der Waals surface area contributed by atoms with Crippen molar-refractivity contribution in [3.8, 4) is 11.5 Å². The van der Waals surface area contributed by atoms with Crippen LogP contribution in [0.1, 0.15) is 44.6 Å². The molecule has 3 amide bonds. The summed E-state index contributed by atoms with van der Waals surface area (Å²) in [7, 11) is 1.56. The number of aliphatic carboxylic acids is 1. The van der Waals surface area contributed by atoms with E-state index in [1.54, 1.807) is 33.2 Å². The molecule has 0 radical (unpaired) electrons. The first-order valence-corrected chi connectivity index (χ1v) is 12.9. The van der Waals surface area contributed by atoms with Crippen molar-refractivity contribution in [2.75, 3.05) is 13.8 Å². The second-order valence-electron chi connectivity index (χ2n) is 9.68. The number of nitrogens with one attached hydrogen (secondary N) is 3. The van der Waals surface area contributed by atoms with E-state index >= 15 is 0 Å². The van der Waals surface area contributed by atoms with Gasteiger partial charge in [-0.3, -0.25) is 24.2 Å². The van der Waals surface area contributed by atoms with E-state index in [4.69, 9.17) is 9.47 Å². The van der Waals surface area contributed by atoms with Crippen LogP contribution in [0, 0.1) is 17.6 Å². The van der Waals surface area contributed by atoms with Crippen molar-refractivity contribution in [1.82, 2.24) is 16.0 Å². The molecule has 11 nitrogen and oxygen atoms in total. The molecule has 41 heavy (non-hydrogen) atoms. The van der Waals surface area contributed by atoms with E-state index in [1.165, 1.54) is 0 Å². The first-order chi connectivity index (χ1) is 19.5. The molecule has 0 saturated heterocycles. The van der Waals surface area contributed by atoms with Crippen LogP contribution in [0.2, 0.25) is 0 Å². The molecule has 3 unspecified atom stereocenters. The highest BCUT2D eigenvalue weighted by Crippen LogP contribution is 2.37. The number of hydrogen-bond donors (Lipinski definition) is 4. The van der Waals surface area contributed by atoms with Gasteiger partial charge < -0.3 is 30.5 Å². The molecule has 2 aromatic rings. The van der Waals surface area contributed by atoms with Crippen LogP contribution in [-0.4, -0.2) is 60.9 Å². The Morgan fingerprint density at radius 1 is 1.05 bits per heavy atom. The van der Waals surface area contributed by atoms with Gasteiger partial charge in [0, 0.05) is 18.6 Å². The smallest absolute Gasteiger partial charge is 0.305 e. The van der Waals surface area contributed by atoms with E-state index in [1.807, 2.05) is 12.1 Å². The van der Waals surface area contributed by atoms with Gasteiger partial charge in [-0.1, -0.05) is 19.9 Å². The zero-order valence-electron chi connectivity index (χ0n) is 22.8. The fourth-order valence-electron chi connectivity index (χ4n) is 4.19. The Kier molecular flexibility index (Phi) is 10.7. The molecule has 1 aliphatic rings. The summed E-state index contributed by atoms with van der Waals surface area (Å²) >= 11 is 0. The largest absolute Gasteiger partial charge is 0.497 e. The standard InChI is InChI=1S/C28H32F2N4O7/c1-15(2)25(34-23(35)10-7-16-13-31-21-9-8-17(40-3)11-18(16)21)28(39)33-22(12-24(36)37)27(38)32-14-41-26-19(29)5-4-6-20(26)30/h4-6,8-9,11,13,15-16,22,25H,7,10,12,14H2,1-3H3,(H,32,38)(H,33,39)(H,34,35)(H,36,37). The average Bonchev–Trinajstić information content (AvgIpc) is 3.33. The summed E-state index contributed by atoms with van der Waals surface area (Å²) in [6, 6.07) is 5.94. The minimum Gasteiger partial charge on any atom is -0.497 e. The molecule has 1 heterocycles. The third-order valence-corrected chi connectivity index (χ3v) is 6.37. The van der Waals surface area contributed by atoms with Crippen molar-refractivity contribution < 1.29 is 42.5 Å². The molecular formula is C28H32F2N4O7. The number of ether oxygens (including phenoxy) is 2. The van der Waals surface area contributed by atoms with Gasteiger partial charge in [-0.05, 0) is 48.2 Å². The maximum atomic E-state index is 13.7. The highest BCUT2D eigenvalue weighted by Gasteiger charge is 2.30. The van der Waals surface area contributed by atoms with Crippen LogP contribution in [-0.2, 0) is 19.2 Å². The number of nitrogens with zero attached hydrogens (tertiary/aromatic N) is 1. The number of carboxylic acid groups (broad SMARTS) is 1. The lowest BCUT2D eigenvalue weighted by Gasteiger charge is -2.25. The molecule has 3 atom stereocenters. The van der Waals surface area contributed by atoms with E-state index in [2.05, 4.69) is 20.9 Å². The van der Waals surface area contributed by atoms with Crippen molar-refractivity contribution in [3.63, 3.8) is 0 Å². The number of carbonyl (C=O) groups is 4. The second kappa shape index (κ2) is 14.2. The highest BCUT2D eigenvalue weighted by atomic mass is 19.1. The van der Waals surface area contributed by atoms with Crippen LogP contribution in [0.25, 0.3) is 0 Å². The van der Waals surface area contributed by atoms with E-state index < -0.39 is 72.2 Å². The van der Waals surface area contributed by atoms with Gasteiger partial charge in [0.15, 0.2) is 24.1 Å². The molecule has 3 rings (SSSR count). The molecular weight excluding hydrogens is 542 g/mol. The third kappa shape index (κ3) is 8.47. The van der Waals surface area contributed by atoms with Gasteiger partial charge >= 0.3 is 5.97 Å². The Balaban J connectivity index is 1.57. The molecule has 0 spiro atoms. The molecule has 0 fully saturated rings. The van der Waals surface area contributed by atoms with Gasteiger partial charge in [0.25, 0.3) is 0 Å². The van der Waals surface area contributed by atoms with Crippen LogP contribution in [0.5, 0.6) is 11.5 Å². The molecule has 2 aromatic carbocycles. The number of fused-ring (bicyclic) bond motifs is 1. The van der Waals surface area contributed by atoms with Crippen LogP contribution < -0.4 is 25.4 Å². The second-order valence-corrected chi connectivity index (χ2v) is 9.68. The number of carbonyl (C=O) groups excluding carboxylic acids is 3. The lowest BCUT2D eigenvalue weighted by Crippen LogP contribution is -2.56. The number of rotatable bonds is 14. The fraction of sp³-hybridized carbons (Fsp3) is 0.393. The van der Waals surface area contributed by atoms with Crippen LogP contribution in [0.15, 0.2) is 41.4 Å². The predicted molar refractivity (Wildman–Crippen MR) is 144 cm³/mol. The summed E-state index contributed by atoms with van der Waals surface area (Å²) in [5, 5.41) is 16.4. The molecule has 13 heteroatoms. The number of para-hydroxylation sites is 1. The van der Waals surface area contributed by atoms with Crippen LogP contribution >= 0.6 is 0 Å². The number of carboxylic acids is 1. The number of hydrogen-bond acceptors (Lipinski definition) is 7. The fourth-order valence-corrected chi connectivity index (χ4v) is 4.19. The average molecular weight is 575 g/mol. The number of benzene rings is 2. The summed E-state index contributed by atoms with van der Waals surface area (Å²) in [4.78, 5) is 54.1. The Morgan fingerprint density at radius 3 is 2.39 bits per heavy atom. The predicted octanol–water partition coefficient (Wildman–Crippen LogP) is 2.81. The molecule has 4 N–H and O–H groups in total. The van der Waals surface area contributed by atoms with Gasteiger partial charge in [-0.25, -0.2) is 8.78 Å². The van der Waals surface area contributed by atoms with Gasteiger partial charge in [0.2, 0.25) is 17.7 Å². The topological polar surface area (TPSA) is 155 Å². The van der Waals surface area contributed by atoms with Gasteiger partial charge in [-0.2, -0.15) is 0 Å². The van der Waals surface area contributed by atoms with E-state index in [0.717, 1.165) is 29.4 Å². The van der Waals surface area contributed by atoms with Crippen LogP contribution in [0.4, 0.5) is 14.5 Å². The van der Waals surface area contributed by atoms with Gasteiger partial charge in [0.05, 0.1) is 19.2 Å². The minimum atomic E-state index is -1.55. The molecule has 220 valence electrons. The van der Waals surface area contributed by atoms with Crippen molar-refractivity contribution in [2.45, 2.75) is 51.1 Å². The Labute approximate surface area is 235 Å². The SMILES string of the molecule is COc1ccc2c(c1)C(CCC(=O)NC(C(=O)NC(CC(=O)O)C(=O)NCOc1c(F)cccc1F)C(C)C)C=N2. The quantitative estimate of drug-likeness (QED) is 0.253. The lowest BCUT2D eigenvalue weighted by atomic mass is 9.95. The third-order valence-electron chi connectivity index (χ3n) is 6.37. The summed E-state index contributed by atoms with van der Waals surface area (Å²) in [5.74, 6) is -6.07. The normalized spacial score (nSPS) is 15.0. The van der Waals surface area contributed by atoms with Crippen LogP contribution in [0.3, 0.4) is 0 Å². The number of methoxy groups -OCH3 is 1. The molecule has 0 bridgehead atoms. The zero-order chi connectivity index (χ0) is 30.1. The lowest BCUT2D eigenvalue weighted by molar-refractivity contribution is -0.141. The van der Waals surface area contributed by atoms with Gasteiger partial charge in [-0.15, -0.1) is 0 Å². The first-order valence-electron chi connectivity index (χ1n) is 12.9. The number of halogens is 2. The maximum Gasteiger partial charge on any atom is 0.305 e. The Bertz CT molecular complexity index is 1300. The Morgan fingerprint density at radius 2 is 1.76 bits per heavy atom. The highest BCUT2D eigenvalue weighted by molar-refractivity contribution is 5.94. The summed E-state index contributed by atoms with van der Waals surface area (Å²) in [5.41, 5.74) is 1.72. The van der Waals surface area contributed by atoms with E-state index in [9.17, 15) is 33.1 Å². The first kappa shape index (κ1) is 31.0. The van der Waals surface area contributed by atoms with E-state index in [-0.39, 0.29) is 12.3 Å². The number of aliphatic imine (C=N–C) groups is 1. The summed E-state index contributed by atoms with van der Waals surface area (Å²) in [6.07, 6.45) is 1.47. The molecule has 1 aliphatic heterocycles. The monoisotopic (exact) mass is 574 g/mol. The van der Waals surface area contributed by atoms with E-state index in [0.29, 0.717) is 12.2 Å². The molecule has 0 aromatic heterocycles. The van der Waals surface area contributed by atoms with Crippen molar-refractivity contribution in [2.24, 2.45) is 10.9 Å². The molecule has 0 aliphatic carbocycles. The molecule has 0 saturated carbocycles. The summed E-state index contributed by atoms with van der Waals surface area (Å²) < 4.78 is 37.6. The van der Waals surface area contributed by atoms with Gasteiger partial charge in [0.1, 0.15) is 17.8 Å². The van der Waals surface area contributed by atoms with Crippen molar-refractivity contribution in [3.05, 3.63) is 53.6 Å². The minimum absolute atomic E-state index is 0.0762. The zero-order valence-corrected chi connectivity index (χ0v) is 22.8.